The molecule has 2 fully saturated rings. The van der Waals surface area contributed by atoms with Gasteiger partial charge < -0.3 is 33.9 Å². The second-order valence-corrected chi connectivity index (χ2v) is 7.73. The van der Waals surface area contributed by atoms with E-state index in [0.717, 1.165) is 11.1 Å². The van der Waals surface area contributed by atoms with Crippen molar-refractivity contribution in [1.29, 1.82) is 0 Å². The van der Waals surface area contributed by atoms with Gasteiger partial charge in [-0.2, -0.15) is 0 Å². The quantitative estimate of drug-likeness (QED) is 0.519. The van der Waals surface area contributed by atoms with Crippen molar-refractivity contribution < 1.29 is 38.7 Å². The van der Waals surface area contributed by atoms with E-state index >= 15 is 0 Å². The number of hydrogen-bond donors (Lipinski definition) is 2. The van der Waals surface area contributed by atoms with Gasteiger partial charge >= 0.3 is 5.97 Å². The van der Waals surface area contributed by atoms with Crippen molar-refractivity contribution in [1.82, 2.24) is 0 Å². The number of fused-ring (bicyclic) bond motifs is 1. The van der Waals surface area contributed by atoms with Gasteiger partial charge in [0.2, 0.25) is 6.29 Å². The van der Waals surface area contributed by atoms with Crippen molar-refractivity contribution in [2.24, 2.45) is 0 Å². The molecule has 0 aromatic heterocycles. The van der Waals surface area contributed by atoms with Gasteiger partial charge in [-0.05, 0) is 31.2 Å². The highest BCUT2D eigenvalue weighted by Crippen LogP contribution is 2.34. The van der Waals surface area contributed by atoms with Gasteiger partial charge in [-0.15, -0.1) is 0 Å². The van der Waals surface area contributed by atoms with Crippen molar-refractivity contribution in [2.45, 2.75) is 43.9 Å². The molecule has 0 aliphatic carbocycles. The summed E-state index contributed by atoms with van der Waals surface area (Å²) in [5, 5.41) is 21.1. The maximum absolute atomic E-state index is 12.5. The summed E-state index contributed by atoms with van der Waals surface area (Å²) in [4.78, 5) is 12.5. The minimum atomic E-state index is -1.48. The molecule has 0 amide bonds. The first-order chi connectivity index (χ1) is 15.5. The van der Waals surface area contributed by atoms with E-state index < -0.39 is 43.0 Å². The first-order valence-electron chi connectivity index (χ1n) is 10.4. The fourth-order valence-corrected chi connectivity index (χ4v) is 3.58. The fourth-order valence-electron chi connectivity index (χ4n) is 3.58. The number of benzene rings is 2. The molecular weight excluding hydrogens is 416 g/mol. The van der Waals surface area contributed by atoms with Crippen LogP contribution in [0.25, 0.3) is 0 Å². The van der Waals surface area contributed by atoms with Crippen LogP contribution in [-0.2, 0) is 18.9 Å². The van der Waals surface area contributed by atoms with Crippen molar-refractivity contribution in [2.75, 3.05) is 13.2 Å². The van der Waals surface area contributed by atoms with Crippen molar-refractivity contribution in [3.8, 4) is 5.75 Å². The smallest absolute Gasteiger partial charge is 0.340 e. The number of aliphatic hydroxyl groups is 2. The average Bonchev–Trinajstić information content (AvgIpc) is 2.81. The van der Waals surface area contributed by atoms with Gasteiger partial charge in [0.25, 0.3) is 0 Å². The Balaban J connectivity index is 1.38. The number of ether oxygens (including phenoxy) is 5. The summed E-state index contributed by atoms with van der Waals surface area (Å²) in [6.45, 7) is 6.01. The van der Waals surface area contributed by atoms with Crippen LogP contribution in [0, 0.1) is 6.92 Å². The van der Waals surface area contributed by atoms with Crippen LogP contribution in [0.4, 0.5) is 0 Å². The largest absolute Gasteiger partial charge is 0.490 e. The molecule has 2 aromatic rings. The zero-order chi connectivity index (χ0) is 22.7. The van der Waals surface area contributed by atoms with Gasteiger partial charge in [0.15, 0.2) is 6.29 Å². The Kier molecular flexibility index (Phi) is 6.88. The van der Waals surface area contributed by atoms with E-state index in [1.807, 2.05) is 31.2 Å². The number of rotatable bonds is 6. The van der Waals surface area contributed by atoms with Crippen LogP contribution < -0.4 is 4.74 Å². The Morgan fingerprint density at radius 2 is 1.81 bits per heavy atom. The Labute approximate surface area is 185 Å². The molecule has 2 aliphatic rings. The molecule has 6 atom stereocenters. The Morgan fingerprint density at radius 1 is 1.09 bits per heavy atom. The number of carbonyl (C=O) groups is 1. The summed E-state index contributed by atoms with van der Waals surface area (Å²) in [6.07, 6.45) is -4.78. The molecule has 0 spiro atoms. The predicted octanol–water partition coefficient (Wildman–Crippen LogP) is 2.28. The lowest BCUT2D eigenvalue weighted by Gasteiger charge is -2.45. The topological polar surface area (TPSA) is 104 Å². The van der Waals surface area contributed by atoms with E-state index in [0.29, 0.717) is 12.4 Å². The molecule has 0 saturated carbocycles. The third-order valence-corrected chi connectivity index (χ3v) is 5.36. The molecule has 0 radical (unpaired) electrons. The highest BCUT2D eigenvalue weighted by Gasteiger charge is 2.50. The number of carbonyl (C=O) groups excluding carboxylic acids is 1. The molecule has 2 saturated heterocycles. The molecule has 170 valence electrons. The molecule has 2 aromatic carbocycles. The lowest BCUT2D eigenvalue weighted by atomic mass is 9.98. The highest BCUT2D eigenvalue weighted by atomic mass is 16.8. The summed E-state index contributed by atoms with van der Waals surface area (Å²) in [7, 11) is 0. The first-order valence-corrected chi connectivity index (χ1v) is 10.4. The normalized spacial score (nSPS) is 29.6. The van der Waals surface area contributed by atoms with E-state index in [1.54, 1.807) is 18.2 Å². The van der Waals surface area contributed by atoms with E-state index in [1.165, 1.54) is 12.1 Å². The predicted molar refractivity (Wildman–Crippen MR) is 113 cm³/mol. The summed E-state index contributed by atoms with van der Waals surface area (Å²) in [5.41, 5.74) is 2.14. The lowest BCUT2D eigenvalue weighted by Crippen LogP contribution is -2.62. The standard InChI is InChI=1S/C24H26O8/c1-3-12-28-17-10-8-15(9-11-17)22(27)32-24-20(26)19(25)21-18(30-24)13-29-23(31-21)16-6-4-14(2)5-7-16/h3-11,18-21,23-26H,1,12-13H2,2H3/t18-,19-,20-,21-,23-,24+/m1/s1. The number of aliphatic hydroxyl groups excluding tert-OH is 2. The molecule has 0 unspecified atom stereocenters. The molecular formula is C24H26O8. The summed E-state index contributed by atoms with van der Waals surface area (Å²) >= 11 is 0. The van der Waals surface area contributed by atoms with Crippen molar-refractivity contribution in [3.05, 3.63) is 77.9 Å². The molecule has 0 bridgehead atoms. The van der Waals surface area contributed by atoms with Crippen LogP contribution in [-0.4, -0.2) is 60.1 Å². The van der Waals surface area contributed by atoms with Gasteiger partial charge in [0.05, 0.1) is 12.2 Å². The van der Waals surface area contributed by atoms with Gasteiger partial charge in [-0.1, -0.05) is 42.5 Å². The number of aryl methyl sites for hydroxylation is 1. The van der Waals surface area contributed by atoms with Crippen LogP contribution in [0.15, 0.2) is 61.2 Å². The van der Waals surface area contributed by atoms with Crippen LogP contribution in [0.2, 0.25) is 0 Å². The molecule has 32 heavy (non-hydrogen) atoms. The second kappa shape index (κ2) is 9.81. The number of esters is 1. The average molecular weight is 442 g/mol. The van der Waals surface area contributed by atoms with Crippen LogP contribution in [0.3, 0.4) is 0 Å². The SMILES string of the molecule is C=CCOc1ccc(C(=O)O[C@@H]2O[C@@H]3CO[C@@H](c4ccc(C)cc4)O[C@H]3[C@H](O)[C@H]2O)cc1. The Bertz CT molecular complexity index is 924. The monoisotopic (exact) mass is 442 g/mol. The Morgan fingerprint density at radius 3 is 2.50 bits per heavy atom. The molecule has 2 aliphatic heterocycles. The van der Waals surface area contributed by atoms with Crippen molar-refractivity contribution in [3.63, 3.8) is 0 Å². The molecule has 8 nitrogen and oxygen atoms in total. The fraction of sp³-hybridized carbons (Fsp3) is 0.375. The van der Waals surface area contributed by atoms with E-state index in [9.17, 15) is 15.0 Å². The first kappa shape index (κ1) is 22.4. The Hall–Kier alpha value is -2.75. The van der Waals surface area contributed by atoms with Crippen LogP contribution in [0.5, 0.6) is 5.75 Å². The minimum absolute atomic E-state index is 0.108. The summed E-state index contributed by atoms with van der Waals surface area (Å²) in [5.74, 6) is -0.126. The van der Waals surface area contributed by atoms with E-state index in [4.69, 9.17) is 23.7 Å². The molecule has 2 heterocycles. The number of hydrogen-bond acceptors (Lipinski definition) is 8. The van der Waals surface area contributed by atoms with Crippen LogP contribution >= 0.6 is 0 Å². The maximum atomic E-state index is 12.5. The van der Waals surface area contributed by atoms with Gasteiger partial charge in [-0.25, -0.2) is 4.79 Å². The zero-order valence-electron chi connectivity index (χ0n) is 17.6. The zero-order valence-corrected chi connectivity index (χ0v) is 17.6. The third-order valence-electron chi connectivity index (χ3n) is 5.36. The van der Waals surface area contributed by atoms with Gasteiger partial charge in [0, 0.05) is 5.56 Å². The van der Waals surface area contributed by atoms with Crippen LogP contribution in [0.1, 0.15) is 27.8 Å². The van der Waals surface area contributed by atoms with E-state index in [2.05, 4.69) is 6.58 Å². The molecule has 8 heteroatoms. The van der Waals surface area contributed by atoms with Gasteiger partial charge in [-0.3, -0.25) is 0 Å². The van der Waals surface area contributed by atoms with E-state index in [-0.39, 0.29) is 12.2 Å². The van der Waals surface area contributed by atoms with Gasteiger partial charge in [0.1, 0.15) is 36.8 Å². The minimum Gasteiger partial charge on any atom is -0.490 e. The maximum Gasteiger partial charge on any atom is 0.340 e. The molecule has 4 rings (SSSR count). The summed E-state index contributed by atoms with van der Waals surface area (Å²) < 4.78 is 28.0. The second-order valence-electron chi connectivity index (χ2n) is 7.73. The lowest BCUT2D eigenvalue weighted by molar-refractivity contribution is -0.353. The third kappa shape index (κ3) is 4.85. The van der Waals surface area contributed by atoms with Crippen molar-refractivity contribution >= 4 is 5.97 Å². The molecule has 2 N–H and O–H groups in total. The summed E-state index contributed by atoms with van der Waals surface area (Å²) in [6, 6.07) is 13.9. The highest BCUT2D eigenvalue weighted by molar-refractivity contribution is 5.89.